The average Bonchev–Trinajstić information content (AvgIpc) is 2.64. The van der Waals surface area contributed by atoms with E-state index in [0.717, 1.165) is 27.6 Å². The van der Waals surface area contributed by atoms with Crippen molar-refractivity contribution >= 4 is 27.8 Å². The number of carbonyl (C=O) groups excluding carboxylic acids is 1. The summed E-state index contributed by atoms with van der Waals surface area (Å²) in [5.74, 6) is 2.06. The molecular weight excluding hydrogens is 384 g/mol. The maximum atomic E-state index is 12.9. The van der Waals surface area contributed by atoms with Crippen LogP contribution in [-0.2, 0) is 6.42 Å². The standard InChI is InChI=1S/C20H19BrO4/c1-23-15-7-6-13-4-5-14(20(22)16(13)11-15)8-12-9-17(24-2)19(21)18(10-12)25-3/h6-11H,4-5H2,1-3H3/b14-8+. The first kappa shape index (κ1) is 17.5. The van der Waals surface area contributed by atoms with Gasteiger partial charge in [0.25, 0.3) is 0 Å². The smallest absolute Gasteiger partial charge is 0.189 e. The maximum absolute atomic E-state index is 12.9. The quantitative estimate of drug-likeness (QED) is 0.695. The number of ether oxygens (including phenoxy) is 3. The first-order chi connectivity index (χ1) is 12.1. The number of rotatable bonds is 4. The van der Waals surface area contributed by atoms with Crippen LogP contribution < -0.4 is 14.2 Å². The molecule has 5 heteroatoms. The summed E-state index contributed by atoms with van der Waals surface area (Å²) in [5.41, 5.74) is 3.42. The van der Waals surface area contributed by atoms with Crippen molar-refractivity contribution in [3.05, 3.63) is 57.1 Å². The molecule has 0 bridgehead atoms. The maximum Gasteiger partial charge on any atom is 0.189 e. The predicted octanol–water partition coefficient (Wildman–Crippen LogP) is 4.69. The summed E-state index contributed by atoms with van der Waals surface area (Å²) < 4.78 is 16.7. The molecule has 0 fully saturated rings. The number of hydrogen-bond donors (Lipinski definition) is 0. The van der Waals surface area contributed by atoms with Gasteiger partial charge in [-0.2, -0.15) is 0 Å². The number of carbonyl (C=O) groups is 1. The van der Waals surface area contributed by atoms with Crippen LogP contribution in [0.4, 0.5) is 0 Å². The van der Waals surface area contributed by atoms with Gasteiger partial charge < -0.3 is 14.2 Å². The fourth-order valence-electron chi connectivity index (χ4n) is 2.98. The molecule has 0 heterocycles. The van der Waals surface area contributed by atoms with Crippen molar-refractivity contribution < 1.29 is 19.0 Å². The number of methoxy groups -OCH3 is 3. The van der Waals surface area contributed by atoms with Gasteiger partial charge in [-0.15, -0.1) is 0 Å². The van der Waals surface area contributed by atoms with Crippen LogP contribution in [0.25, 0.3) is 6.08 Å². The van der Waals surface area contributed by atoms with Gasteiger partial charge in [-0.05, 0) is 70.2 Å². The molecule has 1 aliphatic carbocycles. The lowest BCUT2D eigenvalue weighted by atomic mass is 9.86. The number of hydrogen-bond acceptors (Lipinski definition) is 4. The third-order valence-electron chi connectivity index (χ3n) is 4.33. The van der Waals surface area contributed by atoms with Gasteiger partial charge in [-0.3, -0.25) is 4.79 Å². The zero-order valence-electron chi connectivity index (χ0n) is 14.4. The second-order valence-electron chi connectivity index (χ2n) is 5.76. The summed E-state index contributed by atoms with van der Waals surface area (Å²) in [4.78, 5) is 12.9. The molecule has 0 aromatic heterocycles. The molecule has 130 valence electrons. The van der Waals surface area contributed by atoms with Gasteiger partial charge in [0, 0.05) is 11.1 Å². The van der Waals surface area contributed by atoms with Crippen molar-refractivity contribution in [2.75, 3.05) is 21.3 Å². The Kier molecular flexibility index (Phi) is 5.13. The largest absolute Gasteiger partial charge is 0.497 e. The van der Waals surface area contributed by atoms with Gasteiger partial charge in [0.2, 0.25) is 0 Å². The van der Waals surface area contributed by atoms with Gasteiger partial charge in [0.15, 0.2) is 5.78 Å². The van der Waals surface area contributed by atoms with Crippen LogP contribution in [0.15, 0.2) is 40.4 Å². The summed E-state index contributed by atoms with van der Waals surface area (Å²) in [6.45, 7) is 0. The minimum Gasteiger partial charge on any atom is -0.497 e. The van der Waals surface area contributed by atoms with Crippen LogP contribution in [0.1, 0.15) is 27.9 Å². The molecule has 0 N–H and O–H groups in total. The normalized spacial score (nSPS) is 15.0. The summed E-state index contributed by atoms with van der Waals surface area (Å²) in [6.07, 6.45) is 3.45. The molecule has 0 spiro atoms. The van der Waals surface area contributed by atoms with E-state index >= 15 is 0 Å². The Labute approximate surface area is 155 Å². The van der Waals surface area contributed by atoms with Crippen molar-refractivity contribution in [3.8, 4) is 17.2 Å². The average molecular weight is 403 g/mol. The van der Waals surface area contributed by atoms with Crippen molar-refractivity contribution in [1.82, 2.24) is 0 Å². The minimum absolute atomic E-state index is 0.0426. The number of aryl methyl sites for hydroxylation is 1. The molecule has 0 amide bonds. The highest BCUT2D eigenvalue weighted by molar-refractivity contribution is 9.10. The molecule has 0 unspecified atom stereocenters. The van der Waals surface area contributed by atoms with Crippen LogP contribution >= 0.6 is 15.9 Å². The summed E-state index contributed by atoms with van der Waals surface area (Å²) >= 11 is 3.46. The molecule has 0 atom stereocenters. The van der Waals surface area contributed by atoms with Crippen LogP contribution in [0, 0.1) is 0 Å². The highest BCUT2D eigenvalue weighted by Crippen LogP contribution is 2.37. The summed E-state index contributed by atoms with van der Waals surface area (Å²) in [6, 6.07) is 9.44. The fraction of sp³-hybridized carbons (Fsp3) is 0.250. The highest BCUT2D eigenvalue weighted by Gasteiger charge is 2.22. The topological polar surface area (TPSA) is 44.8 Å². The highest BCUT2D eigenvalue weighted by atomic mass is 79.9. The monoisotopic (exact) mass is 402 g/mol. The third kappa shape index (κ3) is 3.42. The number of Topliss-reactive ketones (excluding diaryl/α,β-unsaturated/α-hetero) is 1. The lowest BCUT2D eigenvalue weighted by Crippen LogP contribution is -2.14. The number of benzene rings is 2. The SMILES string of the molecule is COc1ccc2c(c1)C(=O)/C(=C/c1cc(OC)c(Br)c(OC)c1)CC2. The van der Waals surface area contributed by atoms with Gasteiger partial charge >= 0.3 is 0 Å². The molecule has 4 nitrogen and oxygen atoms in total. The van der Waals surface area contributed by atoms with Gasteiger partial charge in [-0.25, -0.2) is 0 Å². The second-order valence-corrected chi connectivity index (χ2v) is 6.55. The first-order valence-electron chi connectivity index (χ1n) is 7.91. The van der Waals surface area contributed by atoms with Crippen molar-refractivity contribution in [2.45, 2.75) is 12.8 Å². The molecule has 3 rings (SSSR count). The zero-order chi connectivity index (χ0) is 18.0. The van der Waals surface area contributed by atoms with E-state index in [0.29, 0.717) is 29.2 Å². The van der Waals surface area contributed by atoms with E-state index in [9.17, 15) is 4.79 Å². The molecule has 0 aliphatic heterocycles. The lowest BCUT2D eigenvalue weighted by Gasteiger charge is -2.18. The van der Waals surface area contributed by atoms with E-state index in [2.05, 4.69) is 15.9 Å². The second kappa shape index (κ2) is 7.31. The first-order valence-corrected chi connectivity index (χ1v) is 8.70. The Morgan fingerprint density at radius 2 is 1.64 bits per heavy atom. The van der Waals surface area contributed by atoms with Gasteiger partial charge in [0.05, 0.1) is 21.3 Å². The molecule has 2 aromatic carbocycles. The van der Waals surface area contributed by atoms with Crippen LogP contribution in [-0.4, -0.2) is 27.1 Å². The van der Waals surface area contributed by atoms with Crippen LogP contribution in [0.3, 0.4) is 0 Å². The Morgan fingerprint density at radius 1 is 0.960 bits per heavy atom. The third-order valence-corrected chi connectivity index (χ3v) is 5.11. The van der Waals surface area contributed by atoms with Gasteiger partial charge in [0.1, 0.15) is 21.7 Å². The van der Waals surface area contributed by atoms with E-state index in [1.807, 2.05) is 36.4 Å². The summed E-state index contributed by atoms with van der Waals surface area (Å²) in [7, 11) is 4.81. The molecular formula is C20H19BrO4. The van der Waals surface area contributed by atoms with Gasteiger partial charge in [-0.1, -0.05) is 6.07 Å². The molecule has 25 heavy (non-hydrogen) atoms. The Bertz CT molecular complexity index is 830. The minimum atomic E-state index is 0.0426. The molecule has 0 saturated heterocycles. The van der Waals surface area contributed by atoms with E-state index < -0.39 is 0 Å². The predicted molar refractivity (Wildman–Crippen MR) is 101 cm³/mol. The molecule has 0 saturated carbocycles. The molecule has 2 aromatic rings. The van der Waals surface area contributed by atoms with Crippen LogP contribution in [0.5, 0.6) is 17.2 Å². The number of ketones is 1. The fourth-order valence-corrected chi connectivity index (χ4v) is 3.53. The van der Waals surface area contributed by atoms with Crippen molar-refractivity contribution in [1.29, 1.82) is 0 Å². The number of allylic oxidation sites excluding steroid dienone is 1. The van der Waals surface area contributed by atoms with Crippen molar-refractivity contribution in [2.24, 2.45) is 0 Å². The Morgan fingerprint density at radius 3 is 2.24 bits per heavy atom. The Hall–Kier alpha value is -2.27. The van der Waals surface area contributed by atoms with E-state index in [1.165, 1.54) is 0 Å². The molecule has 1 aliphatic rings. The van der Waals surface area contributed by atoms with Crippen molar-refractivity contribution in [3.63, 3.8) is 0 Å². The van der Waals surface area contributed by atoms with E-state index in [4.69, 9.17) is 14.2 Å². The Balaban J connectivity index is 2.01. The van der Waals surface area contributed by atoms with E-state index in [-0.39, 0.29) is 5.78 Å². The number of fused-ring (bicyclic) bond motifs is 1. The molecule has 0 radical (unpaired) electrons. The van der Waals surface area contributed by atoms with E-state index in [1.54, 1.807) is 21.3 Å². The lowest BCUT2D eigenvalue weighted by molar-refractivity contribution is 0.102. The zero-order valence-corrected chi connectivity index (χ0v) is 16.0. The summed E-state index contributed by atoms with van der Waals surface area (Å²) in [5, 5.41) is 0. The van der Waals surface area contributed by atoms with Crippen LogP contribution in [0.2, 0.25) is 0 Å². The number of halogens is 1.